The number of H-pyrrole nitrogens is 1. The summed E-state index contributed by atoms with van der Waals surface area (Å²) in [6.45, 7) is 1.71. The number of nitrogens with one attached hydrogen (secondary N) is 1. The Morgan fingerprint density at radius 2 is 1.66 bits per heavy atom. The predicted octanol–water partition coefficient (Wildman–Crippen LogP) is 6.41. The summed E-state index contributed by atoms with van der Waals surface area (Å²) in [5, 5.41) is 0. The number of aromatic nitrogens is 3. The summed E-state index contributed by atoms with van der Waals surface area (Å²) < 4.78 is 104. The Kier molecular flexibility index (Phi) is 5.26. The second kappa shape index (κ2) is 7.15. The van der Waals surface area contributed by atoms with E-state index in [1.165, 1.54) is 0 Å². The number of hydrogen-bond donors (Lipinski definition) is 1. The van der Waals surface area contributed by atoms with Crippen molar-refractivity contribution in [1.29, 1.82) is 0 Å². The topological polar surface area (TPSA) is 41.6 Å². The summed E-state index contributed by atoms with van der Waals surface area (Å²) in [6.07, 6.45) is -9.78. The minimum absolute atomic E-state index is 0.0326. The van der Waals surface area contributed by atoms with Gasteiger partial charge in [-0.05, 0) is 24.0 Å². The molecule has 3 rings (SSSR count). The number of imidazole rings is 1. The minimum atomic E-state index is -5.77. The van der Waals surface area contributed by atoms with Gasteiger partial charge in [0, 0.05) is 16.7 Å². The molecule has 0 saturated heterocycles. The largest absolute Gasteiger partial charge is 0.458 e. The van der Waals surface area contributed by atoms with Gasteiger partial charge in [-0.25, -0.2) is 4.98 Å². The fourth-order valence-corrected chi connectivity index (χ4v) is 3.33. The Bertz CT molecular complexity index is 1040. The number of aromatic amines is 1. The van der Waals surface area contributed by atoms with Crippen LogP contribution in [-0.4, -0.2) is 26.9 Å². The van der Waals surface area contributed by atoms with Gasteiger partial charge in [0.15, 0.2) is 5.82 Å². The number of alkyl halides is 8. The quantitative estimate of drug-likeness (QED) is 0.376. The van der Waals surface area contributed by atoms with Crippen LogP contribution < -0.4 is 0 Å². The van der Waals surface area contributed by atoms with Crippen LogP contribution in [0.3, 0.4) is 0 Å². The SMILES string of the molecule is CCSc1cc(C(F)(F)F)cnc1-c1nc2ccc(C(F)(F)C(F)(F)F)cc2[nH]1. The lowest BCUT2D eigenvalue weighted by molar-refractivity contribution is -0.289. The fourth-order valence-electron chi connectivity index (χ4n) is 2.52. The van der Waals surface area contributed by atoms with Crippen molar-refractivity contribution >= 4 is 22.8 Å². The molecule has 0 fully saturated rings. The van der Waals surface area contributed by atoms with Crippen molar-refractivity contribution in [3.05, 3.63) is 41.6 Å². The lowest BCUT2D eigenvalue weighted by Crippen LogP contribution is -2.33. The molecule has 0 unspecified atom stereocenters. The summed E-state index contributed by atoms with van der Waals surface area (Å²) in [5.74, 6) is -4.70. The van der Waals surface area contributed by atoms with Gasteiger partial charge >= 0.3 is 18.3 Å². The molecule has 1 aromatic carbocycles. The van der Waals surface area contributed by atoms with Crippen molar-refractivity contribution < 1.29 is 35.1 Å². The van der Waals surface area contributed by atoms with Crippen LogP contribution in [-0.2, 0) is 12.1 Å². The maximum atomic E-state index is 13.6. The number of benzene rings is 1. The molecule has 0 aliphatic carbocycles. The van der Waals surface area contributed by atoms with Crippen LogP contribution in [0, 0.1) is 0 Å². The molecule has 0 radical (unpaired) electrons. The predicted molar refractivity (Wildman–Crippen MR) is 90.7 cm³/mol. The number of hydrogen-bond acceptors (Lipinski definition) is 3. The average Bonchev–Trinajstić information content (AvgIpc) is 3.03. The molecular weight excluding hydrogens is 430 g/mol. The van der Waals surface area contributed by atoms with Crippen LogP contribution in [0.2, 0.25) is 0 Å². The molecule has 2 aromatic heterocycles. The van der Waals surface area contributed by atoms with Crippen molar-refractivity contribution in [3.63, 3.8) is 0 Å². The second-order valence-electron chi connectivity index (χ2n) is 5.89. The van der Waals surface area contributed by atoms with Gasteiger partial charge in [-0.1, -0.05) is 13.0 Å². The first-order chi connectivity index (χ1) is 13.3. The molecule has 0 aliphatic heterocycles. The molecule has 156 valence electrons. The van der Waals surface area contributed by atoms with Crippen LogP contribution in [0.5, 0.6) is 0 Å². The van der Waals surface area contributed by atoms with Crippen LogP contribution in [0.1, 0.15) is 18.1 Å². The molecule has 0 amide bonds. The monoisotopic (exact) mass is 441 g/mol. The van der Waals surface area contributed by atoms with Crippen LogP contribution in [0.4, 0.5) is 35.1 Å². The van der Waals surface area contributed by atoms with Gasteiger partial charge in [-0.2, -0.15) is 35.1 Å². The normalized spacial score (nSPS) is 13.3. The molecule has 2 heterocycles. The van der Waals surface area contributed by atoms with Crippen LogP contribution in [0.25, 0.3) is 22.6 Å². The van der Waals surface area contributed by atoms with Crippen LogP contribution >= 0.6 is 11.8 Å². The Labute approximate surface area is 162 Å². The third-order valence-corrected chi connectivity index (χ3v) is 4.82. The number of fused-ring (bicyclic) bond motifs is 1. The molecule has 0 aliphatic rings. The summed E-state index contributed by atoms with van der Waals surface area (Å²) in [6, 6.07) is 3.06. The lowest BCUT2D eigenvalue weighted by Gasteiger charge is -2.19. The van der Waals surface area contributed by atoms with E-state index in [1.54, 1.807) is 6.92 Å². The summed E-state index contributed by atoms with van der Waals surface area (Å²) in [7, 11) is 0. The van der Waals surface area contributed by atoms with E-state index in [1.807, 2.05) is 0 Å². The summed E-state index contributed by atoms with van der Waals surface area (Å²) in [4.78, 5) is 10.5. The van der Waals surface area contributed by atoms with Gasteiger partial charge in [-0.15, -0.1) is 11.8 Å². The number of rotatable bonds is 4. The number of pyridine rings is 1. The van der Waals surface area contributed by atoms with E-state index in [0.29, 0.717) is 24.1 Å². The highest BCUT2D eigenvalue weighted by atomic mass is 32.2. The number of halogens is 8. The van der Waals surface area contributed by atoms with Crippen molar-refractivity contribution in [1.82, 2.24) is 15.0 Å². The van der Waals surface area contributed by atoms with Gasteiger partial charge in [0.1, 0.15) is 5.69 Å². The molecule has 0 bridgehead atoms. The number of thioether (sulfide) groups is 1. The zero-order valence-electron chi connectivity index (χ0n) is 14.4. The third kappa shape index (κ3) is 4.02. The molecule has 3 nitrogen and oxygen atoms in total. The first-order valence-corrected chi connectivity index (χ1v) is 8.98. The molecule has 3 aromatic rings. The fraction of sp³-hybridized carbons (Fsp3) is 0.294. The van der Waals surface area contributed by atoms with E-state index in [-0.39, 0.29) is 27.4 Å². The van der Waals surface area contributed by atoms with E-state index in [4.69, 9.17) is 0 Å². The maximum absolute atomic E-state index is 13.6. The van der Waals surface area contributed by atoms with Crippen LogP contribution in [0.15, 0.2) is 35.4 Å². The molecular formula is C17H11F8N3S. The smallest absolute Gasteiger partial charge is 0.337 e. The van der Waals surface area contributed by atoms with E-state index < -0.39 is 29.4 Å². The molecule has 0 spiro atoms. The van der Waals surface area contributed by atoms with E-state index >= 15 is 0 Å². The number of nitrogens with zero attached hydrogens (tertiary/aromatic N) is 2. The van der Waals surface area contributed by atoms with E-state index in [2.05, 4.69) is 15.0 Å². The standard InChI is InChI=1S/C17H11F8N3S/c1-2-29-12-6-9(16(20,21)22)7-26-13(12)14-27-10-4-3-8(5-11(10)28-14)15(18,19)17(23,24)25/h3-7H,2H2,1H3,(H,27,28). The Morgan fingerprint density at radius 3 is 2.24 bits per heavy atom. The first kappa shape index (κ1) is 21.3. The van der Waals surface area contributed by atoms with Gasteiger partial charge in [-0.3, -0.25) is 4.98 Å². The van der Waals surface area contributed by atoms with Gasteiger partial charge < -0.3 is 4.98 Å². The summed E-state index contributed by atoms with van der Waals surface area (Å²) >= 11 is 1.06. The van der Waals surface area contributed by atoms with Gasteiger partial charge in [0.2, 0.25) is 0 Å². The highest BCUT2D eigenvalue weighted by molar-refractivity contribution is 7.99. The van der Waals surface area contributed by atoms with E-state index in [9.17, 15) is 35.1 Å². The third-order valence-electron chi connectivity index (χ3n) is 3.90. The van der Waals surface area contributed by atoms with Crippen molar-refractivity contribution in [2.75, 3.05) is 5.75 Å². The zero-order chi connectivity index (χ0) is 21.6. The molecule has 0 saturated carbocycles. The summed E-state index contributed by atoms with van der Waals surface area (Å²) in [5.41, 5.74) is -2.28. The van der Waals surface area contributed by atoms with E-state index in [0.717, 1.165) is 23.9 Å². The minimum Gasteiger partial charge on any atom is -0.337 e. The molecule has 12 heteroatoms. The zero-order valence-corrected chi connectivity index (χ0v) is 15.2. The molecule has 29 heavy (non-hydrogen) atoms. The first-order valence-electron chi connectivity index (χ1n) is 7.99. The highest BCUT2D eigenvalue weighted by Crippen LogP contribution is 2.44. The Balaban J connectivity index is 2.09. The lowest BCUT2D eigenvalue weighted by atomic mass is 10.1. The maximum Gasteiger partial charge on any atom is 0.458 e. The van der Waals surface area contributed by atoms with Crippen molar-refractivity contribution in [2.24, 2.45) is 0 Å². The molecule has 0 atom stereocenters. The van der Waals surface area contributed by atoms with Gasteiger partial charge in [0.25, 0.3) is 0 Å². The van der Waals surface area contributed by atoms with Gasteiger partial charge in [0.05, 0.1) is 16.6 Å². The van der Waals surface area contributed by atoms with Crippen molar-refractivity contribution in [3.8, 4) is 11.5 Å². The molecule has 1 N–H and O–H groups in total. The highest BCUT2D eigenvalue weighted by Gasteiger charge is 2.58. The second-order valence-corrected chi connectivity index (χ2v) is 7.20. The average molecular weight is 441 g/mol. The van der Waals surface area contributed by atoms with Crippen molar-refractivity contribution in [2.45, 2.75) is 30.1 Å². The Hall–Kier alpha value is -2.37. The Morgan fingerprint density at radius 1 is 0.966 bits per heavy atom.